The lowest BCUT2D eigenvalue weighted by atomic mass is 10.1. The number of carbonyl (C=O) groups excluding carboxylic acids is 2. The van der Waals surface area contributed by atoms with E-state index >= 15 is 0 Å². The number of benzene rings is 1. The normalized spacial score (nSPS) is 13.3. The highest BCUT2D eigenvalue weighted by Gasteiger charge is 2.36. The minimum absolute atomic E-state index is 0.153. The molecule has 4 aromatic rings. The number of hydrogen-bond donors (Lipinski definition) is 5. The molecule has 1 fully saturated rings. The van der Waals surface area contributed by atoms with E-state index in [-0.39, 0.29) is 46.2 Å². The van der Waals surface area contributed by atoms with Crippen molar-refractivity contribution in [1.82, 2.24) is 39.7 Å². The Morgan fingerprint density at radius 1 is 1.14 bits per heavy atom. The smallest absolute Gasteiger partial charge is 0.433 e. The highest BCUT2D eigenvalue weighted by Crippen LogP contribution is 2.36. The van der Waals surface area contributed by atoms with E-state index in [4.69, 9.17) is 27.2 Å². The second-order valence-corrected chi connectivity index (χ2v) is 9.40. The summed E-state index contributed by atoms with van der Waals surface area (Å²) in [5, 5.41) is 18.4. The van der Waals surface area contributed by atoms with Crippen LogP contribution in [0.1, 0.15) is 16.1 Å². The topological polar surface area (TPSA) is 187 Å². The number of alkyl halides is 3. The van der Waals surface area contributed by atoms with Crippen molar-refractivity contribution in [1.29, 1.82) is 0 Å². The Hall–Kier alpha value is -4.90. The summed E-state index contributed by atoms with van der Waals surface area (Å²) < 4.78 is 41.6. The van der Waals surface area contributed by atoms with Gasteiger partial charge in [-0.2, -0.15) is 18.3 Å². The number of nitrogens with zero attached hydrogens (tertiary/aromatic N) is 6. The molecule has 3 amide bonds. The molecule has 0 bridgehead atoms. The second kappa shape index (κ2) is 13.4. The van der Waals surface area contributed by atoms with Gasteiger partial charge in [0.15, 0.2) is 11.5 Å². The molecule has 5 rings (SSSR count). The average Bonchev–Trinajstić information content (AvgIpc) is 3.64. The minimum atomic E-state index is -4.62. The molecule has 1 aliphatic rings. The first kappa shape index (κ1) is 31.0. The fourth-order valence-electron chi connectivity index (χ4n) is 4.38. The summed E-state index contributed by atoms with van der Waals surface area (Å²) in [4.78, 5) is 45.3. The van der Waals surface area contributed by atoms with Crippen molar-refractivity contribution >= 4 is 47.2 Å². The van der Waals surface area contributed by atoms with Crippen LogP contribution in [0.3, 0.4) is 0 Å². The average molecular weight is 623 g/mol. The number of imidazole rings is 1. The molecule has 0 saturated carbocycles. The summed E-state index contributed by atoms with van der Waals surface area (Å²) in [6.45, 7) is 1.94. The van der Waals surface area contributed by atoms with E-state index in [0.29, 0.717) is 50.5 Å². The summed E-state index contributed by atoms with van der Waals surface area (Å²) in [5.41, 5.74) is 5.52. The van der Waals surface area contributed by atoms with Gasteiger partial charge in [0.1, 0.15) is 5.69 Å². The fraction of sp³-hybridized carbons (Fsp3) is 0.280. The molecule has 0 radical (unpaired) electrons. The van der Waals surface area contributed by atoms with Gasteiger partial charge in [-0.05, 0) is 18.2 Å². The summed E-state index contributed by atoms with van der Waals surface area (Å²) in [6, 6.07) is 4.55. The maximum atomic E-state index is 13.4. The number of aromatic nitrogens is 5. The molecular weight excluding hydrogens is 597 g/mol. The molecule has 1 aromatic carbocycles. The number of anilines is 2. The number of amides is 3. The number of H-pyrrole nitrogens is 1. The Balaban J connectivity index is 0.00000135. The van der Waals surface area contributed by atoms with Gasteiger partial charge in [-0.15, -0.1) is 0 Å². The van der Waals surface area contributed by atoms with Gasteiger partial charge in [0.25, 0.3) is 12.4 Å². The molecule has 1 aliphatic heterocycles. The second-order valence-electron chi connectivity index (χ2n) is 8.99. The van der Waals surface area contributed by atoms with E-state index in [9.17, 15) is 22.8 Å². The van der Waals surface area contributed by atoms with Crippen LogP contribution in [0.25, 0.3) is 16.9 Å². The molecule has 0 atom stereocenters. The maximum Gasteiger partial charge on any atom is 0.433 e. The predicted molar refractivity (Wildman–Crippen MR) is 149 cm³/mol. The third kappa shape index (κ3) is 6.95. The van der Waals surface area contributed by atoms with Gasteiger partial charge in [0.2, 0.25) is 0 Å². The standard InChI is InChI=1S/C24H24ClF3N10O2.CH2O2/c25-17-11-14(1-2-15(17)22(39)36-7-9-37(10-8-36)23(40)31-4-3-29)34-20-21-32-13-18(38(21)6-5-30-20)16-12-33-35-19(16)24(26,27)28;2-1-3/h1-2,5-6,11-13H,3-4,7-10,29H2,(H,30,34)(H,31,40)(H,33,35);1H,(H,2,3). The Kier molecular flexibility index (Phi) is 9.66. The molecule has 43 heavy (non-hydrogen) atoms. The minimum Gasteiger partial charge on any atom is -0.483 e. The molecule has 6 N–H and O–H groups in total. The molecule has 3 aromatic heterocycles. The van der Waals surface area contributed by atoms with Gasteiger partial charge in [-0.1, -0.05) is 11.6 Å². The molecule has 4 heterocycles. The third-order valence-electron chi connectivity index (χ3n) is 6.36. The van der Waals surface area contributed by atoms with Gasteiger partial charge < -0.3 is 31.3 Å². The van der Waals surface area contributed by atoms with Crippen molar-refractivity contribution in [3.63, 3.8) is 0 Å². The SMILES string of the molecule is NCCNC(=O)N1CCN(C(=O)c2ccc(Nc3nccn4c(-c5cn[nH]c5C(F)(F)F)cnc34)cc2Cl)CC1.O=CO. The van der Waals surface area contributed by atoms with E-state index in [2.05, 4.69) is 25.7 Å². The van der Waals surface area contributed by atoms with Crippen LogP contribution in [0.5, 0.6) is 0 Å². The zero-order valence-corrected chi connectivity index (χ0v) is 23.1. The van der Waals surface area contributed by atoms with Crippen LogP contribution in [0.15, 0.2) is 43.0 Å². The summed E-state index contributed by atoms with van der Waals surface area (Å²) >= 11 is 6.46. The van der Waals surface area contributed by atoms with Crippen molar-refractivity contribution in [2.24, 2.45) is 5.73 Å². The molecule has 18 heteroatoms. The molecule has 14 nitrogen and oxygen atoms in total. The van der Waals surface area contributed by atoms with Crippen LogP contribution < -0.4 is 16.4 Å². The van der Waals surface area contributed by atoms with Crippen LogP contribution in [0.4, 0.5) is 29.5 Å². The molecular formula is C25H26ClF3N10O4. The van der Waals surface area contributed by atoms with Crippen LogP contribution >= 0.6 is 11.6 Å². The lowest BCUT2D eigenvalue weighted by Crippen LogP contribution is -2.53. The Labute approximate surface area is 246 Å². The number of nitrogens with one attached hydrogen (secondary N) is 3. The van der Waals surface area contributed by atoms with Gasteiger partial charge in [0.05, 0.1) is 34.2 Å². The highest BCUT2D eigenvalue weighted by molar-refractivity contribution is 6.34. The van der Waals surface area contributed by atoms with Crippen LogP contribution in [0, 0.1) is 0 Å². The molecule has 0 aliphatic carbocycles. The molecule has 0 unspecified atom stereocenters. The number of aromatic amines is 1. The van der Waals surface area contributed by atoms with E-state index in [1.54, 1.807) is 28.0 Å². The number of hydrogen-bond acceptors (Lipinski definition) is 8. The highest BCUT2D eigenvalue weighted by atomic mass is 35.5. The van der Waals surface area contributed by atoms with E-state index in [1.165, 1.54) is 23.0 Å². The first-order valence-corrected chi connectivity index (χ1v) is 13.1. The number of halogens is 4. The van der Waals surface area contributed by atoms with E-state index in [1.807, 2.05) is 5.10 Å². The Morgan fingerprint density at radius 3 is 2.49 bits per heavy atom. The zero-order chi connectivity index (χ0) is 31.1. The summed E-state index contributed by atoms with van der Waals surface area (Å²) in [6.07, 6.45) is 0.687. The number of nitrogens with two attached hydrogens (primary N) is 1. The lowest BCUT2D eigenvalue weighted by Gasteiger charge is -2.34. The Bertz CT molecular complexity index is 1600. The molecule has 0 spiro atoms. The van der Waals surface area contributed by atoms with Gasteiger partial charge in [0, 0.05) is 57.3 Å². The van der Waals surface area contributed by atoms with Crippen LogP contribution in [-0.2, 0) is 11.0 Å². The first-order chi connectivity index (χ1) is 20.6. The Morgan fingerprint density at radius 2 is 1.84 bits per heavy atom. The predicted octanol–water partition coefficient (Wildman–Crippen LogP) is 2.66. The van der Waals surface area contributed by atoms with Crippen molar-refractivity contribution in [3.05, 3.63) is 59.3 Å². The number of carboxylic acid groups (broad SMARTS) is 1. The number of fused-ring (bicyclic) bond motifs is 1. The number of rotatable bonds is 6. The van der Waals surface area contributed by atoms with E-state index < -0.39 is 11.9 Å². The monoisotopic (exact) mass is 622 g/mol. The molecule has 1 saturated heterocycles. The maximum absolute atomic E-state index is 13.4. The lowest BCUT2D eigenvalue weighted by molar-refractivity contribution is -0.140. The van der Waals surface area contributed by atoms with Crippen molar-refractivity contribution in [2.75, 3.05) is 44.6 Å². The molecule has 228 valence electrons. The van der Waals surface area contributed by atoms with Gasteiger partial charge in [-0.25, -0.2) is 14.8 Å². The van der Waals surface area contributed by atoms with Crippen molar-refractivity contribution in [2.45, 2.75) is 6.18 Å². The number of urea groups is 1. The number of carbonyl (C=O) groups is 3. The number of piperazine rings is 1. The van der Waals surface area contributed by atoms with E-state index in [0.717, 1.165) is 6.20 Å². The quantitative estimate of drug-likeness (QED) is 0.201. The fourth-order valence-corrected chi connectivity index (χ4v) is 4.64. The van der Waals surface area contributed by atoms with Crippen LogP contribution in [-0.4, -0.2) is 97.2 Å². The van der Waals surface area contributed by atoms with Crippen LogP contribution in [0.2, 0.25) is 5.02 Å². The third-order valence-corrected chi connectivity index (χ3v) is 6.68. The largest absolute Gasteiger partial charge is 0.483 e. The van der Waals surface area contributed by atoms with Gasteiger partial charge in [-0.3, -0.25) is 19.1 Å². The zero-order valence-electron chi connectivity index (χ0n) is 22.3. The summed E-state index contributed by atoms with van der Waals surface area (Å²) in [5.74, 6) is 0.00209. The van der Waals surface area contributed by atoms with Crippen molar-refractivity contribution < 1.29 is 32.7 Å². The van der Waals surface area contributed by atoms with Crippen molar-refractivity contribution in [3.8, 4) is 11.3 Å². The van der Waals surface area contributed by atoms with Gasteiger partial charge >= 0.3 is 12.2 Å². The first-order valence-electron chi connectivity index (χ1n) is 12.7. The summed E-state index contributed by atoms with van der Waals surface area (Å²) in [7, 11) is 0.